The van der Waals surface area contributed by atoms with Crippen molar-refractivity contribution in [2.45, 2.75) is 18.8 Å². The molecule has 1 amide bonds. The predicted molar refractivity (Wildman–Crippen MR) is 103 cm³/mol. The zero-order valence-electron chi connectivity index (χ0n) is 14.7. The monoisotopic (exact) mass is 395 g/mol. The minimum atomic E-state index is -0.450. The Morgan fingerprint density at radius 1 is 1.14 bits per heavy atom. The average Bonchev–Trinajstić information content (AvgIpc) is 2.68. The van der Waals surface area contributed by atoms with E-state index in [4.69, 9.17) is 11.6 Å². The molecule has 140 valence electrons. The molecule has 1 N–H and O–H groups in total. The molecule has 7 heteroatoms. The van der Waals surface area contributed by atoms with Crippen molar-refractivity contribution in [1.29, 1.82) is 0 Å². The van der Waals surface area contributed by atoms with Gasteiger partial charge in [0.15, 0.2) is 5.78 Å². The van der Waals surface area contributed by atoms with Crippen LogP contribution in [0, 0.1) is 5.82 Å². The second-order valence-corrected chi connectivity index (χ2v) is 7.03. The van der Waals surface area contributed by atoms with E-state index < -0.39 is 11.7 Å². The van der Waals surface area contributed by atoms with Crippen LogP contribution >= 0.6 is 11.6 Å². The Labute approximate surface area is 165 Å². The Bertz CT molecular complexity index is 1070. The first kappa shape index (κ1) is 18.3. The second kappa shape index (κ2) is 7.48. The number of aromatic nitrogens is 2. The maximum atomic E-state index is 13.0. The lowest BCUT2D eigenvalue weighted by Crippen LogP contribution is -2.22. The highest BCUT2D eigenvalue weighted by Gasteiger charge is 2.28. The van der Waals surface area contributed by atoms with Crippen LogP contribution in [0.2, 0.25) is 5.02 Å². The summed E-state index contributed by atoms with van der Waals surface area (Å²) >= 11 is 6.07. The summed E-state index contributed by atoms with van der Waals surface area (Å²) in [5, 5.41) is 3.21. The lowest BCUT2D eigenvalue weighted by Gasteiger charge is -2.23. The van der Waals surface area contributed by atoms with Gasteiger partial charge in [0.05, 0.1) is 11.3 Å². The average molecular weight is 396 g/mol. The minimum absolute atomic E-state index is 0.0331. The Balaban J connectivity index is 1.57. The summed E-state index contributed by atoms with van der Waals surface area (Å²) in [6, 6.07) is 12.6. The Hall–Kier alpha value is -3.12. The van der Waals surface area contributed by atoms with Gasteiger partial charge < -0.3 is 0 Å². The second-order valence-electron chi connectivity index (χ2n) is 6.60. The molecule has 5 nitrogen and oxygen atoms in total. The number of nitrogens with zero attached hydrogens (tertiary/aromatic N) is 2. The maximum absolute atomic E-state index is 13.0. The fourth-order valence-corrected chi connectivity index (χ4v) is 3.48. The number of carbonyl (C=O) groups is 2. The third-order valence-electron chi connectivity index (χ3n) is 4.69. The first-order chi connectivity index (χ1) is 13.5. The van der Waals surface area contributed by atoms with Crippen molar-refractivity contribution in [3.8, 4) is 0 Å². The number of amides is 1. The molecule has 0 spiro atoms. The topological polar surface area (TPSA) is 72.0 Å². The van der Waals surface area contributed by atoms with Gasteiger partial charge in [-0.3, -0.25) is 14.9 Å². The van der Waals surface area contributed by atoms with Gasteiger partial charge in [-0.05, 0) is 54.3 Å². The van der Waals surface area contributed by atoms with Crippen LogP contribution < -0.4 is 5.32 Å². The van der Waals surface area contributed by atoms with Crippen LogP contribution in [0.1, 0.15) is 44.3 Å². The zero-order chi connectivity index (χ0) is 19.7. The number of benzene rings is 2. The van der Waals surface area contributed by atoms with Crippen LogP contribution in [-0.4, -0.2) is 21.7 Å². The van der Waals surface area contributed by atoms with Crippen molar-refractivity contribution in [3.63, 3.8) is 0 Å². The smallest absolute Gasteiger partial charge is 0.258 e. The fourth-order valence-electron chi connectivity index (χ4n) is 3.28. The Morgan fingerprint density at radius 2 is 1.93 bits per heavy atom. The number of nitrogens with one attached hydrogen (secondary N) is 1. The largest absolute Gasteiger partial charge is 0.294 e. The summed E-state index contributed by atoms with van der Waals surface area (Å²) in [6.07, 6.45) is 2.35. The van der Waals surface area contributed by atoms with Crippen molar-refractivity contribution >= 4 is 29.2 Å². The zero-order valence-corrected chi connectivity index (χ0v) is 15.4. The predicted octanol–water partition coefficient (Wildman–Crippen LogP) is 4.43. The summed E-state index contributed by atoms with van der Waals surface area (Å²) in [6.45, 7) is 0. The molecule has 0 aliphatic heterocycles. The molecule has 0 fully saturated rings. The molecule has 0 radical (unpaired) electrons. The minimum Gasteiger partial charge on any atom is -0.294 e. The molecule has 28 heavy (non-hydrogen) atoms. The Morgan fingerprint density at radius 3 is 2.68 bits per heavy atom. The molecule has 1 heterocycles. The van der Waals surface area contributed by atoms with E-state index in [1.807, 2.05) is 18.2 Å². The summed E-state index contributed by atoms with van der Waals surface area (Å²) < 4.78 is 13.0. The molecule has 4 rings (SSSR count). The van der Waals surface area contributed by atoms with Gasteiger partial charge in [0.2, 0.25) is 5.95 Å². The van der Waals surface area contributed by atoms with E-state index >= 15 is 0 Å². The van der Waals surface area contributed by atoms with Gasteiger partial charge in [0.1, 0.15) is 5.82 Å². The van der Waals surface area contributed by atoms with Crippen molar-refractivity contribution < 1.29 is 14.0 Å². The van der Waals surface area contributed by atoms with E-state index in [2.05, 4.69) is 15.3 Å². The van der Waals surface area contributed by atoms with Crippen molar-refractivity contribution in [2.75, 3.05) is 5.32 Å². The number of hydrogen-bond acceptors (Lipinski definition) is 4. The summed E-state index contributed by atoms with van der Waals surface area (Å²) in [5.41, 5.74) is 2.32. The van der Waals surface area contributed by atoms with Crippen LogP contribution in [0.3, 0.4) is 0 Å². The summed E-state index contributed by atoms with van der Waals surface area (Å²) in [7, 11) is 0. The van der Waals surface area contributed by atoms with Gasteiger partial charge in [0.25, 0.3) is 5.91 Å². The Kier molecular flexibility index (Phi) is 4.88. The summed E-state index contributed by atoms with van der Waals surface area (Å²) in [4.78, 5) is 33.2. The van der Waals surface area contributed by atoms with E-state index in [0.29, 0.717) is 29.1 Å². The number of hydrogen-bond donors (Lipinski definition) is 1. The lowest BCUT2D eigenvalue weighted by molar-refractivity contribution is 0.0962. The fraction of sp³-hybridized carbons (Fsp3) is 0.143. The molecule has 2 aromatic carbocycles. The van der Waals surface area contributed by atoms with Gasteiger partial charge in [-0.2, -0.15) is 0 Å². The van der Waals surface area contributed by atoms with Crippen LogP contribution in [-0.2, 0) is 6.42 Å². The van der Waals surface area contributed by atoms with Crippen molar-refractivity contribution in [2.24, 2.45) is 0 Å². The number of anilines is 1. The quantitative estimate of drug-likeness (QED) is 0.711. The molecule has 1 aliphatic rings. The molecule has 1 aromatic heterocycles. The number of fused-ring (bicyclic) bond motifs is 1. The molecule has 1 aliphatic carbocycles. The standard InChI is InChI=1S/C21H15ClFN3O2/c22-15-3-1-2-13(8-15)14-9-18-17(19(27)10-14)11-24-21(25-18)26-20(28)12-4-6-16(23)7-5-12/h1-8,11,14H,9-10H2,(H,24,25,26,28)/t14-/m1/s1. The van der Waals surface area contributed by atoms with Crippen molar-refractivity contribution in [1.82, 2.24) is 9.97 Å². The normalized spacial score (nSPS) is 15.8. The first-order valence-corrected chi connectivity index (χ1v) is 9.09. The molecular formula is C21H15ClFN3O2. The number of Topliss-reactive ketones (excluding diaryl/α,β-unsaturated/α-hetero) is 1. The molecule has 0 bridgehead atoms. The first-order valence-electron chi connectivity index (χ1n) is 8.71. The highest BCUT2D eigenvalue weighted by molar-refractivity contribution is 6.30. The van der Waals surface area contributed by atoms with E-state index in [1.54, 1.807) is 6.07 Å². The highest BCUT2D eigenvalue weighted by atomic mass is 35.5. The highest BCUT2D eigenvalue weighted by Crippen LogP contribution is 2.33. The van der Waals surface area contributed by atoms with Crippen LogP contribution in [0.4, 0.5) is 10.3 Å². The molecule has 1 atom stereocenters. The number of halogens is 2. The molecule has 0 saturated heterocycles. The van der Waals surface area contributed by atoms with Gasteiger partial charge in [-0.15, -0.1) is 0 Å². The van der Waals surface area contributed by atoms with Crippen LogP contribution in [0.5, 0.6) is 0 Å². The SMILES string of the molecule is O=C(Nc1ncc2c(n1)C[C@@H](c1cccc(Cl)c1)CC2=O)c1ccc(F)cc1. The van der Waals surface area contributed by atoms with E-state index in [0.717, 1.165) is 5.56 Å². The third-order valence-corrected chi connectivity index (χ3v) is 4.93. The number of rotatable bonds is 3. The van der Waals surface area contributed by atoms with Crippen LogP contribution in [0.15, 0.2) is 54.7 Å². The van der Waals surface area contributed by atoms with Gasteiger partial charge in [-0.25, -0.2) is 14.4 Å². The summed E-state index contributed by atoms with van der Waals surface area (Å²) in [5.74, 6) is -0.842. The molecule has 0 unspecified atom stereocenters. The van der Waals surface area contributed by atoms with E-state index in [9.17, 15) is 14.0 Å². The number of ketones is 1. The van der Waals surface area contributed by atoms with Crippen molar-refractivity contribution in [3.05, 3.63) is 88.0 Å². The van der Waals surface area contributed by atoms with Crippen LogP contribution in [0.25, 0.3) is 0 Å². The van der Waals surface area contributed by atoms with Gasteiger partial charge in [0, 0.05) is 23.2 Å². The van der Waals surface area contributed by atoms with E-state index in [1.165, 1.54) is 30.5 Å². The maximum Gasteiger partial charge on any atom is 0.258 e. The van der Waals surface area contributed by atoms with Gasteiger partial charge >= 0.3 is 0 Å². The molecular weight excluding hydrogens is 381 g/mol. The molecule has 3 aromatic rings. The molecule has 0 saturated carbocycles. The third kappa shape index (κ3) is 3.77. The lowest BCUT2D eigenvalue weighted by atomic mass is 9.82. The van der Waals surface area contributed by atoms with Gasteiger partial charge in [-0.1, -0.05) is 23.7 Å². The number of carbonyl (C=O) groups excluding carboxylic acids is 2. The van der Waals surface area contributed by atoms with E-state index in [-0.39, 0.29) is 23.2 Å².